The van der Waals surface area contributed by atoms with E-state index >= 15 is 0 Å². The standard InChI is InChI=1S/C51H37N7O2Si/c1-3-16-36(17-4-1)61(37-18-5-2-6-19-37,38-20-13-15-35(31-38)57-43-25-10-11-26-44(43)58-42-24-9-8-23-41(42)55-50(57)58)46-28-14-22-40-49(46)60-45-27-12-7-21-39(45)51(40,32-47-52-29-30-53-47)33-48-54-34-59-56-48/h1-29,31,34H,30,32-33H2/i33D2. The molecule has 0 aliphatic carbocycles. The van der Waals surface area contributed by atoms with E-state index in [0.717, 1.165) is 54.3 Å². The van der Waals surface area contributed by atoms with Crippen molar-refractivity contribution < 1.29 is 12.0 Å². The predicted molar refractivity (Wildman–Crippen MR) is 244 cm³/mol. The lowest BCUT2D eigenvalue weighted by atomic mass is 9.67. The topological polar surface area (TPSA) is 95.1 Å². The molecule has 1 unspecified atom stereocenters. The van der Waals surface area contributed by atoms with Crippen molar-refractivity contribution in [1.82, 2.24) is 24.1 Å². The van der Waals surface area contributed by atoms with Gasteiger partial charge in [-0.2, -0.15) is 4.98 Å². The van der Waals surface area contributed by atoms with E-state index in [1.165, 1.54) is 6.39 Å². The molecular weight excluding hydrogens is 771 g/mol. The highest BCUT2D eigenvalue weighted by atomic mass is 28.3. The zero-order chi connectivity index (χ0) is 42.2. The van der Waals surface area contributed by atoms with Gasteiger partial charge >= 0.3 is 0 Å². The van der Waals surface area contributed by atoms with Crippen LogP contribution in [0.15, 0.2) is 197 Å². The Balaban J connectivity index is 1.19. The second-order valence-electron chi connectivity index (χ2n) is 15.4. The number of imidazole rings is 2. The van der Waals surface area contributed by atoms with Crippen LogP contribution in [0.2, 0.25) is 0 Å². The van der Waals surface area contributed by atoms with Crippen molar-refractivity contribution in [3.63, 3.8) is 0 Å². The number of nitrogens with zero attached hydrogens (tertiary/aromatic N) is 7. The molecule has 0 saturated heterocycles. The zero-order valence-electron chi connectivity index (χ0n) is 34.8. The summed E-state index contributed by atoms with van der Waals surface area (Å²) >= 11 is 0. The van der Waals surface area contributed by atoms with Crippen LogP contribution in [0, 0.1) is 0 Å². The lowest BCUT2D eigenvalue weighted by Crippen LogP contribution is -2.75. The number of aromatic nitrogens is 5. The molecule has 0 spiro atoms. The van der Waals surface area contributed by atoms with Crippen molar-refractivity contribution in [2.75, 3.05) is 6.54 Å². The molecule has 0 saturated carbocycles. The average molecular weight is 810 g/mol. The minimum absolute atomic E-state index is 0.0719. The summed E-state index contributed by atoms with van der Waals surface area (Å²) < 4.78 is 37.4. The van der Waals surface area contributed by atoms with Gasteiger partial charge < -0.3 is 9.26 Å². The van der Waals surface area contributed by atoms with E-state index < -0.39 is 19.9 Å². The number of amidine groups is 1. The Hall–Kier alpha value is -7.69. The first-order chi connectivity index (χ1) is 31.0. The number of hydrogen-bond donors (Lipinski definition) is 0. The van der Waals surface area contributed by atoms with Crippen molar-refractivity contribution in [2.45, 2.75) is 18.2 Å². The number of rotatable bonds is 9. The molecule has 0 radical (unpaired) electrons. The van der Waals surface area contributed by atoms with E-state index in [0.29, 0.717) is 35.0 Å². The van der Waals surface area contributed by atoms with Crippen LogP contribution in [-0.4, -0.2) is 50.8 Å². The van der Waals surface area contributed by atoms with Gasteiger partial charge in [0.05, 0.1) is 28.6 Å². The molecule has 292 valence electrons. The third kappa shape index (κ3) is 5.35. The number of aliphatic imine (C=N–C) groups is 2. The molecule has 12 rings (SSSR count). The average Bonchev–Trinajstić information content (AvgIpc) is 4.17. The molecule has 10 aromatic rings. The normalized spacial score (nSPS) is 16.6. The van der Waals surface area contributed by atoms with Gasteiger partial charge in [-0.25, -0.2) is 9.98 Å². The maximum absolute atomic E-state index is 10.2. The number of ether oxygens (including phenoxy) is 1. The lowest BCUT2D eigenvalue weighted by Gasteiger charge is -2.43. The molecule has 0 fully saturated rings. The van der Waals surface area contributed by atoms with Crippen LogP contribution < -0.4 is 25.5 Å². The number of para-hydroxylation sites is 6. The quantitative estimate of drug-likeness (QED) is 0.110. The molecule has 61 heavy (non-hydrogen) atoms. The van der Waals surface area contributed by atoms with E-state index in [1.807, 2.05) is 42.5 Å². The van der Waals surface area contributed by atoms with Gasteiger partial charge in [0.1, 0.15) is 17.3 Å². The van der Waals surface area contributed by atoms with Gasteiger partial charge in [0.15, 0.2) is 13.9 Å². The van der Waals surface area contributed by atoms with Gasteiger partial charge in [-0.15, -0.1) is 0 Å². The highest BCUT2D eigenvalue weighted by Gasteiger charge is 2.50. The smallest absolute Gasteiger partial charge is 0.220 e. The maximum Gasteiger partial charge on any atom is 0.220 e. The van der Waals surface area contributed by atoms with Gasteiger partial charge in [0, 0.05) is 44.0 Å². The molecule has 10 heteroatoms. The van der Waals surface area contributed by atoms with E-state index in [4.69, 9.17) is 19.2 Å². The van der Waals surface area contributed by atoms with Crippen LogP contribution in [-0.2, 0) is 11.8 Å². The van der Waals surface area contributed by atoms with Gasteiger partial charge in [0.2, 0.25) is 12.2 Å². The molecule has 5 heterocycles. The highest BCUT2D eigenvalue weighted by Crippen LogP contribution is 2.51. The molecule has 3 aromatic heterocycles. The Kier molecular flexibility index (Phi) is 7.59. The third-order valence-corrected chi connectivity index (χ3v) is 17.0. The maximum atomic E-state index is 10.2. The second-order valence-corrected chi connectivity index (χ2v) is 19.2. The molecule has 2 aliphatic heterocycles. The third-order valence-electron chi connectivity index (χ3n) is 12.2. The Labute approximate surface area is 354 Å². The molecule has 9 nitrogen and oxygen atoms in total. The monoisotopic (exact) mass is 809 g/mol. The van der Waals surface area contributed by atoms with Crippen molar-refractivity contribution in [3.05, 3.63) is 199 Å². The summed E-state index contributed by atoms with van der Waals surface area (Å²) in [6, 6.07) is 60.9. The largest absolute Gasteiger partial charge is 0.457 e. The fraction of sp³-hybridized carbons (Fsp3) is 0.0784. The van der Waals surface area contributed by atoms with Crippen LogP contribution >= 0.6 is 0 Å². The minimum atomic E-state index is -3.44. The van der Waals surface area contributed by atoms with E-state index in [-0.39, 0.29) is 12.2 Å². The molecule has 0 N–H and O–H groups in total. The van der Waals surface area contributed by atoms with E-state index in [9.17, 15) is 2.74 Å². The molecule has 0 amide bonds. The Morgan fingerprint density at radius 3 is 2.13 bits per heavy atom. The minimum Gasteiger partial charge on any atom is -0.457 e. The van der Waals surface area contributed by atoms with Crippen LogP contribution in [0.25, 0.3) is 33.5 Å². The number of fused-ring (bicyclic) bond motifs is 7. The van der Waals surface area contributed by atoms with E-state index in [2.05, 4.69) is 158 Å². The first-order valence-corrected chi connectivity index (χ1v) is 22.3. The molecule has 1 atom stereocenters. The summed E-state index contributed by atoms with van der Waals surface area (Å²) in [7, 11) is -3.44. The SMILES string of the molecule is [2H]C([2H])(c1ncon1)C1(CC2=NCC=N2)c2ccccc2Oc2c1cccc2[Si](c1ccccc1)(c1ccccc1)c1cccc(-n2c3ccccc3n3c4ccccc4nc23)c1. The summed E-state index contributed by atoms with van der Waals surface area (Å²) in [5.74, 6) is 2.42. The first-order valence-electron chi connectivity index (χ1n) is 21.3. The van der Waals surface area contributed by atoms with E-state index in [1.54, 1.807) is 6.21 Å². The summed E-state index contributed by atoms with van der Waals surface area (Å²) in [5.41, 5.74) is 4.89. The first kappa shape index (κ1) is 33.2. The van der Waals surface area contributed by atoms with Crippen LogP contribution in [0.3, 0.4) is 0 Å². The Bertz CT molecular complexity index is 3400. The van der Waals surface area contributed by atoms with Crippen molar-refractivity contribution in [1.29, 1.82) is 0 Å². The molecular formula is C51H37N7O2Si. The fourth-order valence-electron chi connectivity index (χ4n) is 9.73. The fourth-order valence-corrected chi connectivity index (χ4v) is 14.6. The van der Waals surface area contributed by atoms with Crippen molar-refractivity contribution in [3.8, 4) is 17.2 Å². The predicted octanol–water partition coefficient (Wildman–Crippen LogP) is 7.70. The lowest BCUT2D eigenvalue weighted by molar-refractivity contribution is 0.376. The Morgan fingerprint density at radius 1 is 0.672 bits per heavy atom. The van der Waals surface area contributed by atoms with Crippen LogP contribution in [0.4, 0.5) is 0 Å². The van der Waals surface area contributed by atoms with Gasteiger partial charge in [-0.3, -0.25) is 14.0 Å². The highest BCUT2D eigenvalue weighted by molar-refractivity contribution is 7.20. The van der Waals surface area contributed by atoms with Crippen molar-refractivity contribution in [2.24, 2.45) is 9.98 Å². The van der Waals surface area contributed by atoms with Gasteiger partial charge in [0.25, 0.3) is 0 Å². The van der Waals surface area contributed by atoms with Gasteiger partial charge in [-0.1, -0.05) is 139 Å². The molecule has 2 aliphatic rings. The summed E-state index contributed by atoms with van der Waals surface area (Å²) in [5, 5.41) is 8.49. The summed E-state index contributed by atoms with van der Waals surface area (Å²) in [4.78, 5) is 19.0. The second kappa shape index (κ2) is 14.0. The van der Waals surface area contributed by atoms with Crippen LogP contribution in [0.5, 0.6) is 11.5 Å². The van der Waals surface area contributed by atoms with Crippen LogP contribution in [0.1, 0.15) is 26.1 Å². The number of hydrogen-bond acceptors (Lipinski definition) is 7. The summed E-state index contributed by atoms with van der Waals surface area (Å²) in [6.07, 6.45) is 0.835. The zero-order valence-corrected chi connectivity index (χ0v) is 33.8. The summed E-state index contributed by atoms with van der Waals surface area (Å²) in [6.45, 7) is 0.424. The number of benzene rings is 7. The molecule has 7 aromatic carbocycles. The van der Waals surface area contributed by atoms with Crippen molar-refractivity contribution >= 4 is 68.7 Å². The van der Waals surface area contributed by atoms with Gasteiger partial charge in [-0.05, 0) is 63.2 Å². The molecule has 0 bridgehead atoms. The Morgan fingerprint density at radius 2 is 1.36 bits per heavy atom.